The van der Waals surface area contributed by atoms with Gasteiger partial charge in [0.25, 0.3) is 0 Å². The topological polar surface area (TPSA) is 85.6 Å². The van der Waals surface area contributed by atoms with Crippen LogP contribution < -0.4 is 5.32 Å². The number of thioether (sulfide) groups is 1. The minimum absolute atomic E-state index is 0.0940. The lowest BCUT2D eigenvalue weighted by molar-refractivity contribution is -0.113. The Morgan fingerprint density at radius 1 is 1.09 bits per heavy atom. The molecule has 0 spiro atoms. The Kier molecular flexibility index (Phi) is 6.74. The highest BCUT2D eigenvalue weighted by Crippen LogP contribution is 2.31. The number of benzene rings is 1. The minimum atomic E-state index is -0.270. The Morgan fingerprint density at radius 2 is 1.91 bits per heavy atom. The average Bonchev–Trinajstić information content (AvgIpc) is 3.23. The summed E-state index contributed by atoms with van der Waals surface area (Å²) in [5.74, 6) is 0.744. The van der Waals surface area contributed by atoms with Crippen molar-refractivity contribution in [2.75, 3.05) is 11.1 Å². The van der Waals surface area contributed by atoms with E-state index in [0.717, 1.165) is 16.8 Å². The number of amides is 1. The molecule has 3 heterocycles. The lowest BCUT2D eigenvalue weighted by atomic mass is 10.2. The number of carbonyl (C=O) groups excluding carboxylic acids is 1. The van der Waals surface area contributed by atoms with E-state index in [1.54, 1.807) is 19.3 Å². The fourth-order valence-corrected chi connectivity index (χ4v) is 4.15. The van der Waals surface area contributed by atoms with Crippen LogP contribution in [0.5, 0.6) is 0 Å². The molecule has 0 bridgehead atoms. The third kappa shape index (κ3) is 4.62. The summed E-state index contributed by atoms with van der Waals surface area (Å²) >= 11 is 13.5. The van der Waals surface area contributed by atoms with E-state index < -0.39 is 0 Å². The van der Waals surface area contributed by atoms with Crippen LogP contribution in [0.25, 0.3) is 17.1 Å². The molecule has 1 aromatic carbocycles. The molecule has 162 valence electrons. The lowest BCUT2D eigenvalue weighted by Crippen LogP contribution is -2.16. The number of anilines is 1. The van der Waals surface area contributed by atoms with Gasteiger partial charge in [0, 0.05) is 24.2 Å². The van der Waals surface area contributed by atoms with Gasteiger partial charge in [0.2, 0.25) is 5.91 Å². The van der Waals surface area contributed by atoms with Crippen molar-refractivity contribution in [3.8, 4) is 17.1 Å². The number of hydrogen-bond acceptors (Lipinski definition) is 6. The lowest BCUT2D eigenvalue weighted by Gasteiger charge is -2.13. The molecule has 0 saturated carbocycles. The van der Waals surface area contributed by atoms with Crippen LogP contribution in [0.15, 0.2) is 60.1 Å². The average molecular weight is 485 g/mol. The highest BCUT2D eigenvalue weighted by molar-refractivity contribution is 7.99. The molecule has 1 N–H and O–H groups in total. The molecule has 0 aliphatic rings. The van der Waals surface area contributed by atoms with Crippen LogP contribution in [-0.2, 0) is 4.79 Å². The van der Waals surface area contributed by atoms with E-state index >= 15 is 0 Å². The van der Waals surface area contributed by atoms with Crippen LogP contribution in [0.1, 0.15) is 11.1 Å². The van der Waals surface area contributed by atoms with E-state index in [9.17, 15) is 4.79 Å². The van der Waals surface area contributed by atoms with E-state index in [1.807, 2.05) is 47.9 Å². The number of nitrogens with one attached hydrogen (secondary N) is 1. The van der Waals surface area contributed by atoms with Crippen molar-refractivity contribution >= 4 is 46.7 Å². The van der Waals surface area contributed by atoms with Crippen molar-refractivity contribution < 1.29 is 4.79 Å². The second-order valence-corrected chi connectivity index (χ2v) is 8.63. The molecule has 0 unspecified atom stereocenters. The first-order valence-corrected chi connectivity index (χ1v) is 11.3. The Hall–Kier alpha value is -2.94. The first-order valence-electron chi connectivity index (χ1n) is 9.60. The van der Waals surface area contributed by atoms with Crippen LogP contribution in [-0.4, -0.2) is 36.4 Å². The number of aromatic nitrogens is 5. The molecule has 10 heteroatoms. The highest BCUT2D eigenvalue weighted by Gasteiger charge is 2.19. The Labute approximate surface area is 199 Å². The number of pyridine rings is 2. The van der Waals surface area contributed by atoms with Gasteiger partial charge in [-0.25, -0.2) is 4.98 Å². The Balaban J connectivity index is 1.60. The second-order valence-electron chi connectivity index (χ2n) is 6.90. The van der Waals surface area contributed by atoms with Crippen molar-refractivity contribution in [1.82, 2.24) is 24.7 Å². The number of carbonyl (C=O) groups is 1. The number of nitrogens with zero attached hydrogens (tertiary/aromatic N) is 5. The summed E-state index contributed by atoms with van der Waals surface area (Å²) in [5, 5.41) is 12.8. The van der Waals surface area contributed by atoms with Crippen molar-refractivity contribution in [2.24, 2.45) is 0 Å². The Bertz CT molecular complexity index is 1280. The molecule has 0 saturated heterocycles. The molecule has 0 radical (unpaired) electrons. The van der Waals surface area contributed by atoms with Crippen molar-refractivity contribution in [1.29, 1.82) is 0 Å². The predicted octanol–water partition coefficient (Wildman–Crippen LogP) is 5.38. The maximum Gasteiger partial charge on any atom is 0.236 e. The van der Waals surface area contributed by atoms with Gasteiger partial charge in [-0.3, -0.25) is 14.3 Å². The molecule has 3 aromatic heterocycles. The maximum atomic E-state index is 12.6. The van der Waals surface area contributed by atoms with Gasteiger partial charge in [-0.1, -0.05) is 53.2 Å². The number of rotatable bonds is 6. The fourth-order valence-electron chi connectivity index (χ4n) is 3.02. The van der Waals surface area contributed by atoms with E-state index in [2.05, 4.69) is 25.5 Å². The van der Waals surface area contributed by atoms with Crippen LogP contribution in [0.3, 0.4) is 0 Å². The number of hydrogen-bond donors (Lipinski definition) is 1. The van der Waals surface area contributed by atoms with Gasteiger partial charge in [-0.2, -0.15) is 0 Å². The van der Waals surface area contributed by atoms with E-state index in [1.165, 1.54) is 18.0 Å². The SMILES string of the molecule is Cc1ccccc1-n1c(SCC(=O)Nc2ncc(Cl)c(C)c2Cl)nnc1-c1cccnc1. The Morgan fingerprint density at radius 3 is 2.66 bits per heavy atom. The molecule has 0 aliphatic carbocycles. The molecule has 1 amide bonds. The van der Waals surface area contributed by atoms with Gasteiger partial charge in [-0.15, -0.1) is 10.2 Å². The summed E-state index contributed by atoms with van der Waals surface area (Å²) in [6.07, 6.45) is 4.90. The summed E-state index contributed by atoms with van der Waals surface area (Å²) in [7, 11) is 0. The minimum Gasteiger partial charge on any atom is -0.309 e. The van der Waals surface area contributed by atoms with Crippen molar-refractivity contribution in [2.45, 2.75) is 19.0 Å². The zero-order chi connectivity index (χ0) is 22.7. The summed E-state index contributed by atoms with van der Waals surface area (Å²) < 4.78 is 1.93. The third-order valence-electron chi connectivity index (χ3n) is 4.70. The van der Waals surface area contributed by atoms with E-state index in [-0.39, 0.29) is 17.5 Å². The maximum absolute atomic E-state index is 12.6. The molecule has 0 atom stereocenters. The smallest absolute Gasteiger partial charge is 0.236 e. The van der Waals surface area contributed by atoms with Gasteiger partial charge >= 0.3 is 0 Å². The number of halogens is 2. The van der Waals surface area contributed by atoms with Gasteiger partial charge < -0.3 is 5.32 Å². The van der Waals surface area contributed by atoms with Crippen LogP contribution in [0, 0.1) is 13.8 Å². The quantitative estimate of drug-likeness (QED) is 0.369. The van der Waals surface area contributed by atoms with Crippen LogP contribution in [0.4, 0.5) is 5.82 Å². The summed E-state index contributed by atoms with van der Waals surface area (Å²) in [6.45, 7) is 3.78. The number of para-hydroxylation sites is 1. The predicted molar refractivity (Wildman–Crippen MR) is 128 cm³/mol. The summed E-state index contributed by atoms with van der Waals surface area (Å²) in [4.78, 5) is 20.9. The third-order valence-corrected chi connectivity index (χ3v) is 6.47. The molecular formula is C22H18Cl2N6OS. The van der Waals surface area contributed by atoms with E-state index in [0.29, 0.717) is 26.6 Å². The summed E-state index contributed by atoms with van der Waals surface area (Å²) in [5.41, 5.74) is 3.47. The molecule has 0 aliphatic heterocycles. The first-order chi connectivity index (χ1) is 15.5. The fraction of sp³-hybridized carbons (Fsp3) is 0.136. The second kappa shape index (κ2) is 9.68. The molecule has 0 fully saturated rings. The first kappa shape index (κ1) is 22.3. The molecule has 4 rings (SSSR count). The molecular weight excluding hydrogens is 467 g/mol. The standard InChI is InChI=1S/C22H18Cl2N6OS/c1-13-6-3-4-8-17(13)30-21(15-7-5-9-25-10-15)28-29-22(30)32-12-18(31)27-20-19(24)14(2)16(23)11-26-20/h3-11H,12H2,1-2H3,(H,26,27,31). The highest BCUT2D eigenvalue weighted by atomic mass is 35.5. The monoisotopic (exact) mass is 484 g/mol. The molecule has 32 heavy (non-hydrogen) atoms. The van der Waals surface area contributed by atoms with Gasteiger partial charge in [0.1, 0.15) is 0 Å². The van der Waals surface area contributed by atoms with Gasteiger partial charge in [0.15, 0.2) is 16.8 Å². The van der Waals surface area contributed by atoms with E-state index in [4.69, 9.17) is 23.2 Å². The van der Waals surface area contributed by atoms with Gasteiger partial charge in [-0.05, 0) is 43.2 Å². The van der Waals surface area contributed by atoms with Crippen LogP contribution in [0.2, 0.25) is 10.0 Å². The summed E-state index contributed by atoms with van der Waals surface area (Å²) in [6, 6.07) is 11.7. The zero-order valence-electron chi connectivity index (χ0n) is 17.2. The van der Waals surface area contributed by atoms with Crippen molar-refractivity contribution in [3.05, 3.63) is 76.2 Å². The zero-order valence-corrected chi connectivity index (χ0v) is 19.5. The normalized spacial score (nSPS) is 10.9. The van der Waals surface area contributed by atoms with Crippen LogP contribution >= 0.6 is 35.0 Å². The largest absolute Gasteiger partial charge is 0.309 e. The van der Waals surface area contributed by atoms with Gasteiger partial charge in [0.05, 0.1) is 21.5 Å². The molecule has 4 aromatic rings. The number of aryl methyl sites for hydroxylation is 1. The molecule has 7 nitrogen and oxygen atoms in total. The van der Waals surface area contributed by atoms with Crippen molar-refractivity contribution in [3.63, 3.8) is 0 Å².